The second-order valence-corrected chi connectivity index (χ2v) is 9.76. The zero-order valence-corrected chi connectivity index (χ0v) is 11.6. The zero-order valence-electron chi connectivity index (χ0n) is 9.88. The van der Waals surface area contributed by atoms with Gasteiger partial charge in [0.15, 0.2) is 8.32 Å². The van der Waals surface area contributed by atoms with Crippen molar-refractivity contribution < 1.29 is 4.43 Å². The predicted molar refractivity (Wildman–Crippen MR) is 68.8 cm³/mol. The molecule has 1 aromatic carbocycles. The summed E-state index contributed by atoms with van der Waals surface area (Å²) in [6.07, 6.45) is 0. The molecule has 0 atom stereocenters. The number of benzene rings is 1. The topological polar surface area (TPSA) is 9.23 Å². The van der Waals surface area contributed by atoms with Gasteiger partial charge in [-0.2, -0.15) is 0 Å². The Kier molecular flexibility index (Phi) is 4.38. The van der Waals surface area contributed by atoms with Crippen molar-refractivity contribution >= 4 is 19.9 Å². The van der Waals surface area contributed by atoms with Gasteiger partial charge in [-0.25, -0.2) is 0 Å². The lowest BCUT2D eigenvalue weighted by Gasteiger charge is -2.26. The van der Waals surface area contributed by atoms with Crippen LogP contribution in [0.15, 0.2) is 24.3 Å². The summed E-state index contributed by atoms with van der Waals surface area (Å²) in [5, 5.41) is 0.777. The quantitative estimate of drug-likeness (QED) is 0.708. The first-order chi connectivity index (χ1) is 6.92. The normalized spacial score (nSPS) is 12.1. The minimum absolute atomic E-state index is 0.643. The number of hydrogen-bond acceptors (Lipinski definition) is 1. The van der Waals surface area contributed by atoms with Crippen molar-refractivity contribution in [3.63, 3.8) is 0 Å². The Morgan fingerprint density at radius 2 is 1.73 bits per heavy atom. The second-order valence-electron chi connectivity index (χ2n) is 4.67. The number of hydrogen-bond donors (Lipinski definition) is 0. The van der Waals surface area contributed by atoms with Gasteiger partial charge in [0.2, 0.25) is 0 Å². The first kappa shape index (κ1) is 12.8. The average molecular weight is 243 g/mol. The maximum atomic E-state index is 6.01. The number of halogens is 1. The summed E-state index contributed by atoms with van der Waals surface area (Å²) in [6.45, 7) is 9.68. The summed E-state index contributed by atoms with van der Waals surface area (Å²) in [6, 6.07) is 7.86. The molecule has 0 aromatic heterocycles. The highest BCUT2D eigenvalue weighted by Crippen LogP contribution is 2.23. The van der Waals surface area contributed by atoms with Gasteiger partial charge in [-0.15, -0.1) is 0 Å². The molecule has 84 valence electrons. The van der Waals surface area contributed by atoms with Crippen molar-refractivity contribution in [2.75, 3.05) is 0 Å². The molecule has 0 saturated carbocycles. The van der Waals surface area contributed by atoms with E-state index >= 15 is 0 Å². The highest BCUT2D eigenvalue weighted by Gasteiger charge is 2.26. The van der Waals surface area contributed by atoms with Gasteiger partial charge in [-0.05, 0) is 36.3 Å². The summed E-state index contributed by atoms with van der Waals surface area (Å²) in [4.78, 5) is 0. The molecule has 15 heavy (non-hydrogen) atoms. The van der Waals surface area contributed by atoms with Crippen molar-refractivity contribution in [1.82, 2.24) is 0 Å². The van der Waals surface area contributed by atoms with Gasteiger partial charge >= 0.3 is 0 Å². The third-order valence-electron chi connectivity index (χ3n) is 2.91. The fourth-order valence-electron chi connectivity index (χ4n) is 1.02. The smallest absolute Gasteiger partial charge is 0.189 e. The van der Waals surface area contributed by atoms with Crippen LogP contribution in [-0.4, -0.2) is 8.32 Å². The maximum Gasteiger partial charge on any atom is 0.189 e. The Hall–Kier alpha value is -0.313. The van der Waals surface area contributed by atoms with Crippen molar-refractivity contribution in [3.8, 4) is 0 Å². The van der Waals surface area contributed by atoms with E-state index in [1.165, 1.54) is 5.56 Å². The third-order valence-corrected chi connectivity index (χ3v) is 6.84. The van der Waals surface area contributed by atoms with E-state index in [0.29, 0.717) is 12.1 Å². The SMILES string of the molecule is CC(C)[Si](C)(C)OCc1ccc(Cl)cc1. The molecule has 0 unspecified atom stereocenters. The molecule has 0 fully saturated rings. The van der Waals surface area contributed by atoms with Gasteiger partial charge < -0.3 is 4.43 Å². The molecule has 0 N–H and O–H groups in total. The molecule has 0 radical (unpaired) electrons. The van der Waals surface area contributed by atoms with Crippen LogP contribution in [0.5, 0.6) is 0 Å². The highest BCUT2D eigenvalue weighted by atomic mass is 35.5. The Labute approximate surface area is 98.5 Å². The largest absolute Gasteiger partial charge is 0.413 e. The van der Waals surface area contributed by atoms with Gasteiger partial charge in [0.1, 0.15) is 0 Å². The minimum Gasteiger partial charge on any atom is -0.413 e. The minimum atomic E-state index is -1.51. The van der Waals surface area contributed by atoms with Crippen LogP contribution >= 0.6 is 11.6 Å². The summed E-state index contributed by atoms with van der Waals surface area (Å²) >= 11 is 5.82. The molecule has 1 aromatic rings. The van der Waals surface area contributed by atoms with E-state index in [1.807, 2.05) is 24.3 Å². The molecule has 0 aliphatic heterocycles. The molecule has 3 heteroatoms. The van der Waals surface area contributed by atoms with Crippen LogP contribution in [0, 0.1) is 0 Å². The zero-order chi connectivity index (χ0) is 11.5. The van der Waals surface area contributed by atoms with E-state index in [0.717, 1.165) is 5.02 Å². The Morgan fingerprint density at radius 3 is 2.20 bits per heavy atom. The van der Waals surface area contributed by atoms with Crippen LogP contribution < -0.4 is 0 Å². The summed E-state index contributed by atoms with van der Waals surface area (Å²) in [7, 11) is -1.51. The average Bonchev–Trinajstić information content (AvgIpc) is 2.17. The van der Waals surface area contributed by atoms with Gasteiger partial charge in [0.05, 0.1) is 6.61 Å². The van der Waals surface area contributed by atoms with E-state index in [1.54, 1.807) is 0 Å². The van der Waals surface area contributed by atoms with Crippen LogP contribution in [0.25, 0.3) is 0 Å². The molecule has 0 saturated heterocycles. The lowest BCUT2D eigenvalue weighted by atomic mass is 10.2. The maximum absolute atomic E-state index is 6.01. The molecular formula is C12H19ClOSi. The van der Waals surface area contributed by atoms with E-state index in [4.69, 9.17) is 16.0 Å². The monoisotopic (exact) mass is 242 g/mol. The van der Waals surface area contributed by atoms with E-state index in [2.05, 4.69) is 26.9 Å². The molecule has 0 heterocycles. The van der Waals surface area contributed by atoms with E-state index < -0.39 is 8.32 Å². The summed E-state index contributed by atoms with van der Waals surface area (Å²) in [5.41, 5.74) is 1.84. The molecule has 0 aliphatic carbocycles. The fourth-order valence-corrected chi connectivity index (χ4v) is 2.01. The van der Waals surface area contributed by atoms with Gasteiger partial charge in [-0.3, -0.25) is 0 Å². The molecule has 0 bridgehead atoms. The molecule has 1 nitrogen and oxygen atoms in total. The summed E-state index contributed by atoms with van der Waals surface area (Å²) < 4.78 is 6.01. The van der Waals surface area contributed by atoms with Crippen LogP contribution in [0.4, 0.5) is 0 Å². The lowest BCUT2D eigenvalue weighted by Crippen LogP contribution is -2.33. The second kappa shape index (κ2) is 5.15. The van der Waals surface area contributed by atoms with E-state index in [9.17, 15) is 0 Å². The predicted octanol–water partition coefficient (Wildman–Crippen LogP) is 4.47. The van der Waals surface area contributed by atoms with Crippen molar-refractivity contribution in [3.05, 3.63) is 34.9 Å². The van der Waals surface area contributed by atoms with Crippen molar-refractivity contribution in [1.29, 1.82) is 0 Å². The fraction of sp³-hybridized carbons (Fsp3) is 0.500. The van der Waals surface area contributed by atoms with Crippen molar-refractivity contribution in [2.45, 2.75) is 39.1 Å². The standard InChI is InChI=1S/C12H19ClOSi/c1-10(2)15(3,4)14-9-11-5-7-12(13)8-6-11/h5-8,10H,9H2,1-4H3. The first-order valence-electron chi connectivity index (χ1n) is 5.30. The summed E-state index contributed by atoms with van der Waals surface area (Å²) in [5.74, 6) is 0. The Morgan fingerprint density at radius 1 is 1.20 bits per heavy atom. The molecular weight excluding hydrogens is 224 g/mol. The lowest BCUT2D eigenvalue weighted by molar-refractivity contribution is 0.289. The highest BCUT2D eigenvalue weighted by molar-refractivity contribution is 6.72. The van der Waals surface area contributed by atoms with Crippen LogP contribution in [-0.2, 0) is 11.0 Å². The molecule has 0 amide bonds. The van der Waals surface area contributed by atoms with Gasteiger partial charge in [0, 0.05) is 5.02 Å². The Bertz CT molecular complexity index is 306. The van der Waals surface area contributed by atoms with Crippen molar-refractivity contribution in [2.24, 2.45) is 0 Å². The third kappa shape index (κ3) is 3.97. The van der Waals surface area contributed by atoms with E-state index in [-0.39, 0.29) is 0 Å². The van der Waals surface area contributed by atoms with Gasteiger partial charge in [-0.1, -0.05) is 37.6 Å². The Balaban J connectivity index is 2.54. The van der Waals surface area contributed by atoms with Gasteiger partial charge in [0.25, 0.3) is 0 Å². The van der Waals surface area contributed by atoms with Crippen LogP contribution in [0.1, 0.15) is 19.4 Å². The van der Waals surface area contributed by atoms with Crippen LogP contribution in [0.3, 0.4) is 0 Å². The first-order valence-corrected chi connectivity index (χ1v) is 8.66. The van der Waals surface area contributed by atoms with Crippen LogP contribution in [0.2, 0.25) is 23.7 Å². The number of rotatable bonds is 4. The molecule has 1 rings (SSSR count). The molecule has 0 spiro atoms. The molecule has 0 aliphatic rings.